The summed E-state index contributed by atoms with van der Waals surface area (Å²) in [5.41, 5.74) is 13.5. The predicted molar refractivity (Wildman–Crippen MR) is 79.1 cm³/mol. The first-order valence-corrected chi connectivity index (χ1v) is 6.42. The van der Waals surface area contributed by atoms with E-state index in [4.69, 9.17) is 11.5 Å². The molecular weight excluding hydrogens is 252 g/mol. The maximum atomic E-state index is 11.4. The lowest BCUT2D eigenvalue weighted by Gasteiger charge is -2.16. The molecule has 5 N–H and O–H groups in total. The van der Waals surface area contributed by atoms with E-state index >= 15 is 0 Å². The SMILES string of the molecule is CC(Nc1ncccc1C(N)=O)c1ccc(CN)cc1. The van der Waals surface area contributed by atoms with Crippen LogP contribution in [0.15, 0.2) is 42.6 Å². The maximum Gasteiger partial charge on any atom is 0.252 e. The number of nitrogens with one attached hydrogen (secondary N) is 1. The highest BCUT2D eigenvalue weighted by molar-refractivity contribution is 5.97. The van der Waals surface area contributed by atoms with Gasteiger partial charge in [-0.2, -0.15) is 0 Å². The van der Waals surface area contributed by atoms with Crippen molar-refractivity contribution < 1.29 is 4.79 Å². The topological polar surface area (TPSA) is 94.0 Å². The van der Waals surface area contributed by atoms with Crippen LogP contribution in [0, 0.1) is 0 Å². The number of amides is 1. The summed E-state index contributed by atoms with van der Waals surface area (Å²) in [5, 5.41) is 3.20. The molecule has 0 aliphatic carbocycles. The Labute approximate surface area is 118 Å². The van der Waals surface area contributed by atoms with Crippen LogP contribution in [-0.2, 0) is 6.54 Å². The van der Waals surface area contributed by atoms with Gasteiger partial charge in [-0.05, 0) is 30.2 Å². The zero-order valence-electron chi connectivity index (χ0n) is 11.3. The van der Waals surface area contributed by atoms with Gasteiger partial charge < -0.3 is 16.8 Å². The summed E-state index contributed by atoms with van der Waals surface area (Å²) in [4.78, 5) is 15.5. The monoisotopic (exact) mass is 270 g/mol. The molecule has 1 aromatic carbocycles. The summed E-state index contributed by atoms with van der Waals surface area (Å²) >= 11 is 0. The zero-order chi connectivity index (χ0) is 14.5. The normalized spacial score (nSPS) is 11.9. The molecule has 0 radical (unpaired) electrons. The van der Waals surface area contributed by atoms with Crippen molar-refractivity contribution in [1.82, 2.24) is 4.98 Å². The van der Waals surface area contributed by atoms with Crippen LogP contribution in [0.2, 0.25) is 0 Å². The van der Waals surface area contributed by atoms with Gasteiger partial charge in [-0.25, -0.2) is 4.98 Å². The summed E-state index contributed by atoms with van der Waals surface area (Å²) in [6, 6.07) is 11.3. The first-order chi connectivity index (χ1) is 9.61. The van der Waals surface area contributed by atoms with Gasteiger partial charge in [-0.1, -0.05) is 24.3 Å². The van der Waals surface area contributed by atoms with Gasteiger partial charge in [0.05, 0.1) is 5.56 Å². The van der Waals surface area contributed by atoms with Crippen molar-refractivity contribution in [1.29, 1.82) is 0 Å². The molecule has 0 bridgehead atoms. The number of carbonyl (C=O) groups is 1. The lowest BCUT2D eigenvalue weighted by Crippen LogP contribution is -2.17. The number of hydrogen-bond acceptors (Lipinski definition) is 4. The highest BCUT2D eigenvalue weighted by Gasteiger charge is 2.12. The van der Waals surface area contributed by atoms with Crippen LogP contribution in [0.25, 0.3) is 0 Å². The van der Waals surface area contributed by atoms with Crippen molar-refractivity contribution in [2.24, 2.45) is 11.5 Å². The Balaban J connectivity index is 2.18. The number of aromatic nitrogens is 1. The molecule has 0 spiro atoms. The van der Waals surface area contributed by atoms with Gasteiger partial charge in [0.25, 0.3) is 5.91 Å². The Morgan fingerprint density at radius 3 is 2.60 bits per heavy atom. The van der Waals surface area contributed by atoms with Crippen LogP contribution in [0.5, 0.6) is 0 Å². The molecule has 2 rings (SSSR count). The molecule has 5 nitrogen and oxygen atoms in total. The third kappa shape index (κ3) is 3.13. The minimum Gasteiger partial charge on any atom is -0.365 e. The van der Waals surface area contributed by atoms with Crippen molar-refractivity contribution in [3.8, 4) is 0 Å². The molecule has 0 saturated carbocycles. The van der Waals surface area contributed by atoms with Crippen LogP contribution in [0.1, 0.15) is 34.5 Å². The number of pyridine rings is 1. The number of benzene rings is 1. The molecule has 0 saturated heterocycles. The number of anilines is 1. The largest absolute Gasteiger partial charge is 0.365 e. The standard InChI is InChI=1S/C15H18N4O/c1-10(12-6-4-11(9-16)5-7-12)19-15-13(14(17)20)3-2-8-18-15/h2-8,10H,9,16H2,1H3,(H2,17,20)(H,18,19). The Morgan fingerprint density at radius 2 is 2.00 bits per heavy atom. The van der Waals surface area contributed by atoms with E-state index in [9.17, 15) is 4.79 Å². The highest BCUT2D eigenvalue weighted by Crippen LogP contribution is 2.20. The van der Waals surface area contributed by atoms with Gasteiger partial charge in [0.1, 0.15) is 5.82 Å². The van der Waals surface area contributed by atoms with Crippen LogP contribution < -0.4 is 16.8 Å². The quantitative estimate of drug-likeness (QED) is 0.772. The molecule has 0 aliphatic rings. The van der Waals surface area contributed by atoms with Crippen molar-refractivity contribution >= 4 is 11.7 Å². The van der Waals surface area contributed by atoms with Crippen molar-refractivity contribution in [2.45, 2.75) is 19.5 Å². The number of carbonyl (C=O) groups excluding carboxylic acids is 1. The molecule has 1 atom stereocenters. The first kappa shape index (κ1) is 14.0. The minimum atomic E-state index is -0.494. The fourth-order valence-corrected chi connectivity index (χ4v) is 1.95. The van der Waals surface area contributed by atoms with Gasteiger partial charge in [-0.15, -0.1) is 0 Å². The molecule has 104 valence electrons. The average molecular weight is 270 g/mol. The maximum absolute atomic E-state index is 11.4. The number of nitrogens with zero attached hydrogens (tertiary/aromatic N) is 1. The predicted octanol–water partition coefficient (Wildman–Crippen LogP) is 1.81. The second-order valence-corrected chi connectivity index (χ2v) is 4.58. The molecular formula is C15H18N4O. The van der Waals surface area contributed by atoms with E-state index < -0.39 is 5.91 Å². The third-order valence-electron chi connectivity index (χ3n) is 3.14. The third-order valence-corrected chi connectivity index (χ3v) is 3.14. The Hall–Kier alpha value is -2.40. The van der Waals surface area contributed by atoms with Crippen molar-refractivity contribution in [2.75, 3.05) is 5.32 Å². The molecule has 1 amide bonds. The fourth-order valence-electron chi connectivity index (χ4n) is 1.95. The smallest absolute Gasteiger partial charge is 0.252 e. The summed E-state index contributed by atoms with van der Waals surface area (Å²) < 4.78 is 0. The van der Waals surface area contributed by atoms with E-state index in [2.05, 4.69) is 10.3 Å². The second kappa shape index (κ2) is 6.16. The average Bonchev–Trinajstić information content (AvgIpc) is 2.47. The number of primary amides is 1. The van der Waals surface area contributed by atoms with E-state index in [1.165, 1.54) is 0 Å². The van der Waals surface area contributed by atoms with Gasteiger partial charge in [0, 0.05) is 18.8 Å². The number of hydrogen-bond donors (Lipinski definition) is 3. The van der Waals surface area contributed by atoms with E-state index in [0.717, 1.165) is 11.1 Å². The molecule has 2 aromatic rings. The van der Waals surface area contributed by atoms with Crippen LogP contribution in [0.4, 0.5) is 5.82 Å². The van der Waals surface area contributed by atoms with Gasteiger partial charge in [0.2, 0.25) is 0 Å². The summed E-state index contributed by atoms with van der Waals surface area (Å²) in [6.07, 6.45) is 1.62. The molecule has 5 heteroatoms. The molecule has 0 aliphatic heterocycles. The van der Waals surface area contributed by atoms with E-state index in [1.807, 2.05) is 31.2 Å². The molecule has 1 heterocycles. The summed E-state index contributed by atoms with van der Waals surface area (Å²) in [6.45, 7) is 2.52. The van der Waals surface area contributed by atoms with E-state index in [1.54, 1.807) is 18.3 Å². The fraction of sp³-hybridized carbons (Fsp3) is 0.200. The highest BCUT2D eigenvalue weighted by atomic mass is 16.1. The molecule has 1 unspecified atom stereocenters. The molecule has 1 aromatic heterocycles. The van der Waals surface area contributed by atoms with Gasteiger partial charge >= 0.3 is 0 Å². The lowest BCUT2D eigenvalue weighted by molar-refractivity contribution is 0.100. The number of rotatable bonds is 5. The zero-order valence-corrected chi connectivity index (χ0v) is 11.3. The van der Waals surface area contributed by atoms with Gasteiger partial charge in [0.15, 0.2) is 0 Å². The summed E-state index contributed by atoms with van der Waals surface area (Å²) in [5.74, 6) is 0.00156. The number of nitrogens with two attached hydrogens (primary N) is 2. The Kier molecular flexibility index (Phi) is 4.32. The van der Waals surface area contributed by atoms with Crippen LogP contribution in [-0.4, -0.2) is 10.9 Å². The van der Waals surface area contributed by atoms with Crippen molar-refractivity contribution in [3.05, 3.63) is 59.3 Å². The second-order valence-electron chi connectivity index (χ2n) is 4.58. The molecule has 0 fully saturated rings. The van der Waals surface area contributed by atoms with Gasteiger partial charge in [-0.3, -0.25) is 4.79 Å². The van der Waals surface area contributed by atoms with E-state index in [-0.39, 0.29) is 6.04 Å². The first-order valence-electron chi connectivity index (χ1n) is 6.42. The van der Waals surface area contributed by atoms with Crippen LogP contribution >= 0.6 is 0 Å². The summed E-state index contributed by atoms with van der Waals surface area (Å²) in [7, 11) is 0. The lowest BCUT2D eigenvalue weighted by atomic mass is 10.1. The van der Waals surface area contributed by atoms with Crippen LogP contribution in [0.3, 0.4) is 0 Å². The Bertz CT molecular complexity index is 595. The Morgan fingerprint density at radius 1 is 1.30 bits per heavy atom. The molecule has 20 heavy (non-hydrogen) atoms. The minimum absolute atomic E-state index is 0.00910. The van der Waals surface area contributed by atoms with Crippen molar-refractivity contribution in [3.63, 3.8) is 0 Å². The van der Waals surface area contributed by atoms with E-state index in [0.29, 0.717) is 17.9 Å².